The lowest BCUT2D eigenvalue weighted by atomic mass is 10.0. The number of nitrogens with zero attached hydrogens (tertiary/aromatic N) is 2. The third kappa shape index (κ3) is 2.44. The molecule has 1 atom stereocenters. The molecule has 4 nitrogen and oxygen atoms in total. The summed E-state index contributed by atoms with van der Waals surface area (Å²) in [6.45, 7) is 3.92. The standard InChI is InChI=1S/C13H18ClN3O/c1-9-3-4-11(14)5-12(9)17-8-10(6-15)7-16(2)13(17)18/h3-5,10H,6-8,15H2,1-2H3. The van der Waals surface area contributed by atoms with Crippen molar-refractivity contribution in [2.24, 2.45) is 11.7 Å². The van der Waals surface area contributed by atoms with Gasteiger partial charge in [0.05, 0.1) is 0 Å². The van der Waals surface area contributed by atoms with Crippen molar-refractivity contribution in [2.45, 2.75) is 6.92 Å². The quantitative estimate of drug-likeness (QED) is 0.892. The second kappa shape index (κ2) is 5.16. The molecule has 2 N–H and O–H groups in total. The minimum Gasteiger partial charge on any atom is -0.330 e. The number of benzene rings is 1. The topological polar surface area (TPSA) is 49.6 Å². The molecule has 2 amide bonds. The van der Waals surface area contributed by atoms with Crippen LogP contribution >= 0.6 is 11.6 Å². The van der Waals surface area contributed by atoms with Crippen molar-refractivity contribution < 1.29 is 4.79 Å². The Morgan fingerprint density at radius 2 is 2.17 bits per heavy atom. The Labute approximate surface area is 112 Å². The first-order valence-corrected chi connectivity index (χ1v) is 6.39. The minimum atomic E-state index is 0.00469. The predicted octanol–water partition coefficient (Wildman–Crippen LogP) is 2.10. The molecule has 0 radical (unpaired) electrons. The van der Waals surface area contributed by atoms with Crippen LogP contribution in [0.4, 0.5) is 10.5 Å². The molecule has 1 saturated heterocycles. The molecule has 0 spiro atoms. The van der Waals surface area contributed by atoms with E-state index in [-0.39, 0.29) is 6.03 Å². The zero-order valence-electron chi connectivity index (χ0n) is 10.7. The van der Waals surface area contributed by atoms with Crippen LogP contribution in [0.2, 0.25) is 5.02 Å². The molecule has 5 heteroatoms. The van der Waals surface area contributed by atoms with Crippen LogP contribution in [-0.4, -0.2) is 37.6 Å². The van der Waals surface area contributed by atoms with E-state index in [2.05, 4.69) is 0 Å². The van der Waals surface area contributed by atoms with E-state index in [1.165, 1.54) is 0 Å². The number of anilines is 1. The Morgan fingerprint density at radius 3 is 2.83 bits per heavy atom. The van der Waals surface area contributed by atoms with Gasteiger partial charge in [-0.1, -0.05) is 17.7 Å². The summed E-state index contributed by atoms with van der Waals surface area (Å²) in [7, 11) is 1.80. The Hall–Kier alpha value is -1.26. The number of amides is 2. The maximum Gasteiger partial charge on any atom is 0.324 e. The molecule has 1 aliphatic rings. The van der Waals surface area contributed by atoms with Gasteiger partial charge in [0.1, 0.15) is 0 Å². The first-order valence-electron chi connectivity index (χ1n) is 6.01. The lowest BCUT2D eigenvalue weighted by Gasteiger charge is -2.38. The van der Waals surface area contributed by atoms with Gasteiger partial charge in [-0.25, -0.2) is 4.79 Å². The number of nitrogens with two attached hydrogens (primary N) is 1. The Bertz CT molecular complexity index is 464. The van der Waals surface area contributed by atoms with Crippen LogP contribution in [0.25, 0.3) is 0 Å². The summed E-state index contributed by atoms with van der Waals surface area (Å²) in [5.74, 6) is 0.297. The number of halogens is 1. The summed E-state index contributed by atoms with van der Waals surface area (Å²) in [5.41, 5.74) is 7.64. The van der Waals surface area contributed by atoms with Crippen LogP contribution in [-0.2, 0) is 0 Å². The van der Waals surface area contributed by atoms with Gasteiger partial charge in [0.25, 0.3) is 0 Å². The molecule has 2 rings (SSSR count). The normalized spacial score (nSPS) is 20.4. The summed E-state index contributed by atoms with van der Waals surface area (Å²) in [6, 6.07) is 5.60. The number of rotatable bonds is 2. The second-order valence-electron chi connectivity index (χ2n) is 4.81. The third-order valence-corrected chi connectivity index (χ3v) is 3.56. The average Bonchev–Trinajstić information content (AvgIpc) is 2.35. The van der Waals surface area contributed by atoms with Gasteiger partial charge < -0.3 is 10.6 Å². The number of carbonyl (C=O) groups is 1. The molecule has 1 aromatic carbocycles. The van der Waals surface area contributed by atoms with Crippen molar-refractivity contribution in [3.8, 4) is 0 Å². The first-order chi connectivity index (χ1) is 8.52. The molecule has 98 valence electrons. The van der Waals surface area contributed by atoms with Crippen molar-refractivity contribution in [2.75, 3.05) is 31.6 Å². The molecule has 0 aromatic heterocycles. The second-order valence-corrected chi connectivity index (χ2v) is 5.24. The van der Waals surface area contributed by atoms with Crippen LogP contribution < -0.4 is 10.6 Å². The summed E-state index contributed by atoms with van der Waals surface area (Å²) in [6.07, 6.45) is 0. The molecule has 1 aromatic rings. The number of hydrogen-bond donors (Lipinski definition) is 1. The molecule has 0 bridgehead atoms. The number of hydrogen-bond acceptors (Lipinski definition) is 2. The van der Waals surface area contributed by atoms with E-state index in [1.807, 2.05) is 25.1 Å². The highest BCUT2D eigenvalue weighted by Crippen LogP contribution is 2.27. The van der Waals surface area contributed by atoms with E-state index in [9.17, 15) is 4.79 Å². The number of urea groups is 1. The highest BCUT2D eigenvalue weighted by atomic mass is 35.5. The van der Waals surface area contributed by atoms with Gasteiger partial charge in [0.15, 0.2) is 0 Å². The van der Waals surface area contributed by atoms with E-state index in [4.69, 9.17) is 17.3 Å². The van der Waals surface area contributed by atoms with E-state index in [1.54, 1.807) is 16.8 Å². The molecule has 1 unspecified atom stereocenters. The summed E-state index contributed by atoms with van der Waals surface area (Å²) >= 11 is 6.01. The average molecular weight is 268 g/mol. The van der Waals surface area contributed by atoms with Crippen molar-refractivity contribution in [3.63, 3.8) is 0 Å². The van der Waals surface area contributed by atoms with E-state index in [0.29, 0.717) is 30.6 Å². The maximum absolute atomic E-state index is 12.2. The summed E-state index contributed by atoms with van der Waals surface area (Å²) in [4.78, 5) is 15.7. The molecule has 1 aliphatic heterocycles. The fraction of sp³-hybridized carbons (Fsp3) is 0.462. The van der Waals surface area contributed by atoms with E-state index in [0.717, 1.165) is 11.3 Å². The van der Waals surface area contributed by atoms with Gasteiger partial charge in [0.2, 0.25) is 0 Å². The zero-order chi connectivity index (χ0) is 13.3. The Kier molecular flexibility index (Phi) is 3.78. The van der Waals surface area contributed by atoms with E-state index >= 15 is 0 Å². The predicted molar refractivity (Wildman–Crippen MR) is 74.1 cm³/mol. The lowest BCUT2D eigenvalue weighted by Crippen LogP contribution is -2.53. The summed E-state index contributed by atoms with van der Waals surface area (Å²) < 4.78 is 0. The molecule has 0 saturated carbocycles. The van der Waals surface area contributed by atoms with Gasteiger partial charge in [0, 0.05) is 36.8 Å². The highest BCUT2D eigenvalue weighted by molar-refractivity contribution is 6.31. The summed E-state index contributed by atoms with van der Waals surface area (Å²) in [5, 5.41) is 0.640. The van der Waals surface area contributed by atoms with E-state index < -0.39 is 0 Å². The van der Waals surface area contributed by atoms with Gasteiger partial charge in [-0.05, 0) is 31.2 Å². The van der Waals surface area contributed by atoms with Crippen molar-refractivity contribution in [1.29, 1.82) is 0 Å². The maximum atomic E-state index is 12.2. The molecule has 0 aliphatic carbocycles. The monoisotopic (exact) mass is 267 g/mol. The van der Waals surface area contributed by atoms with Crippen LogP contribution in [0.15, 0.2) is 18.2 Å². The smallest absolute Gasteiger partial charge is 0.324 e. The largest absolute Gasteiger partial charge is 0.330 e. The Morgan fingerprint density at radius 1 is 1.44 bits per heavy atom. The Balaban J connectivity index is 2.35. The molecular formula is C13H18ClN3O. The first kappa shape index (κ1) is 13.2. The van der Waals surface area contributed by atoms with Crippen molar-refractivity contribution in [1.82, 2.24) is 4.90 Å². The molecule has 18 heavy (non-hydrogen) atoms. The van der Waals surface area contributed by atoms with Gasteiger partial charge in [-0.2, -0.15) is 0 Å². The van der Waals surface area contributed by atoms with Crippen LogP contribution in [0.5, 0.6) is 0 Å². The van der Waals surface area contributed by atoms with Gasteiger partial charge in [-0.3, -0.25) is 4.90 Å². The molecule has 1 fully saturated rings. The van der Waals surface area contributed by atoms with Gasteiger partial charge in [-0.15, -0.1) is 0 Å². The SMILES string of the molecule is Cc1ccc(Cl)cc1N1CC(CN)CN(C)C1=O. The fourth-order valence-electron chi connectivity index (χ4n) is 2.29. The number of aryl methyl sites for hydroxylation is 1. The number of carbonyl (C=O) groups excluding carboxylic acids is 1. The fourth-order valence-corrected chi connectivity index (χ4v) is 2.46. The van der Waals surface area contributed by atoms with Gasteiger partial charge >= 0.3 is 6.03 Å². The highest BCUT2D eigenvalue weighted by Gasteiger charge is 2.30. The van der Waals surface area contributed by atoms with Crippen molar-refractivity contribution in [3.05, 3.63) is 28.8 Å². The van der Waals surface area contributed by atoms with Crippen LogP contribution in [0, 0.1) is 12.8 Å². The minimum absolute atomic E-state index is 0.00469. The third-order valence-electron chi connectivity index (χ3n) is 3.33. The van der Waals surface area contributed by atoms with Crippen molar-refractivity contribution >= 4 is 23.3 Å². The zero-order valence-corrected chi connectivity index (χ0v) is 11.4. The molecular weight excluding hydrogens is 250 g/mol. The lowest BCUT2D eigenvalue weighted by molar-refractivity contribution is 0.194. The van der Waals surface area contributed by atoms with Crippen LogP contribution in [0.1, 0.15) is 5.56 Å². The van der Waals surface area contributed by atoms with Crippen LogP contribution in [0.3, 0.4) is 0 Å². The molecule has 1 heterocycles.